The number of hydrogen-bond donors (Lipinski definition) is 0. The number of esters is 1. The third-order valence-electron chi connectivity index (χ3n) is 3.55. The number of carbonyl (C=O) groups excluding carboxylic acids is 1. The summed E-state index contributed by atoms with van der Waals surface area (Å²) >= 11 is 9.45. The summed E-state index contributed by atoms with van der Waals surface area (Å²) in [5.41, 5.74) is 0.925. The normalized spacial score (nSPS) is 10.6. The molecule has 0 aliphatic rings. The number of methoxy groups -OCH3 is 2. The molecule has 5 nitrogen and oxygen atoms in total. The highest BCUT2D eigenvalue weighted by Gasteiger charge is 2.17. The first-order valence-electron chi connectivity index (χ1n) is 7.21. The zero-order chi connectivity index (χ0) is 18.0. The molecule has 0 bridgehead atoms. The first kappa shape index (κ1) is 17.5. The number of benzene rings is 2. The largest absolute Gasteiger partial charge is 0.496 e. The Bertz CT molecular complexity index is 961. The van der Waals surface area contributed by atoms with Crippen molar-refractivity contribution in [2.45, 2.75) is 0 Å². The number of pyridine rings is 1. The summed E-state index contributed by atoms with van der Waals surface area (Å²) in [7, 11) is 2.80. The predicted molar refractivity (Wildman–Crippen MR) is 98.9 cm³/mol. The molecule has 7 heteroatoms. The third kappa shape index (κ3) is 3.55. The molecular formula is C18H13BrClNO4. The van der Waals surface area contributed by atoms with Gasteiger partial charge < -0.3 is 14.2 Å². The summed E-state index contributed by atoms with van der Waals surface area (Å²) in [6, 6.07) is 10.3. The maximum absolute atomic E-state index is 12.0. The summed E-state index contributed by atoms with van der Waals surface area (Å²) in [6.07, 6.45) is 1.62. The second kappa shape index (κ2) is 7.29. The maximum Gasteiger partial charge on any atom is 0.341 e. The van der Waals surface area contributed by atoms with E-state index in [0.717, 1.165) is 4.47 Å². The van der Waals surface area contributed by atoms with Crippen molar-refractivity contribution in [2.75, 3.05) is 14.2 Å². The first-order valence-corrected chi connectivity index (χ1v) is 8.38. The highest BCUT2D eigenvalue weighted by Crippen LogP contribution is 2.35. The van der Waals surface area contributed by atoms with Crippen molar-refractivity contribution in [1.82, 2.24) is 4.98 Å². The van der Waals surface area contributed by atoms with Crippen LogP contribution in [-0.4, -0.2) is 25.2 Å². The van der Waals surface area contributed by atoms with Crippen LogP contribution in [0.3, 0.4) is 0 Å². The predicted octanol–water partition coefficient (Wildman–Crippen LogP) is 5.24. The van der Waals surface area contributed by atoms with Gasteiger partial charge >= 0.3 is 5.97 Å². The highest BCUT2D eigenvalue weighted by atomic mass is 79.9. The van der Waals surface area contributed by atoms with Gasteiger partial charge in [0, 0.05) is 28.2 Å². The Morgan fingerprint density at radius 1 is 1.12 bits per heavy atom. The van der Waals surface area contributed by atoms with E-state index in [0.29, 0.717) is 38.7 Å². The lowest BCUT2D eigenvalue weighted by atomic mass is 10.1. The number of fused-ring (bicyclic) bond motifs is 1. The fourth-order valence-corrected chi connectivity index (χ4v) is 2.76. The van der Waals surface area contributed by atoms with Crippen LogP contribution in [0.2, 0.25) is 5.02 Å². The van der Waals surface area contributed by atoms with Crippen LogP contribution >= 0.6 is 27.5 Å². The Labute approximate surface area is 157 Å². The van der Waals surface area contributed by atoms with E-state index in [9.17, 15) is 4.79 Å². The molecule has 0 saturated carbocycles. The van der Waals surface area contributed by atoms with Crippen molar-refractivity contribution in [3.05, 3.63) is 57.7 Å². The molecule has 0 fully saturated rings. The molecule has 0 saturated heterocycles. The van der Waals surface area contributed by atoms with Crippen LogP contribution in [0.5, 0.6) is 17.2 Å². The van der Waals surface area contributed by atoms with Crippen LogP contribution in [0.25, 0.3) is 10.9 Å². The van der Waals surface area contributed by atoms with Crippen molar-refractivity contribution in [1.29, 1.82) is 0 Å². The van der Waals surface area contributed by atoms with Crippen LogP contribution in [0, 0.1) is 0 Å². The van der Waals surface area contributed by atoms with Gasteiger partial charge in [-0.25, -0.2) is 4.79 Å². The zero-order valence-electron chi connectivity index (χ0n) is 13.4. The second-order valence-corrected chi connectivity index (χ2v) is 6.31. The minimum absolute atomic E-state index is 0.296. The molecule has 0 amide bonds. The molecule has 3 aromatic rings. The molecular weight excluding hydrogens is 410 g/mol. The van der Waals surface area contributed by atoms with Gasteiger partial charge in [-0.3, -0.25) is 4.98 Å². The van der Waals surface area contributed by atoms with Gasteiger partial charge in [-0.15, -0.1) is 0 Å². The lowest BCUT2D eigenvalue weighted by Crippen LogP contribution is -2.04. The molecule has 3 rings (SSSR count). The number of halogens is 2. The van der Waals surface area contributed by atoms with Crippen molar-refractivity contribution >= 4 is 44.4 Å². The van der Waals surface area contributed by atoms with Gasteiger partial charge in [0.15, 0.2) is 0 Å². The third-order valence-corrected chi connectivity index (χ3v) is 4.78. The van der Waals surface area contributed by atoms with Crippen LogP contribution in [0.1, 0.15) is 10.4 Å². The van der Waals surface area contributed by atoms with E-state index in [1.54, 1.807) is 42.6 Å². The molecule has 0 aliphatic carbocycles. The SMILES string of the molecule is COC(=O)c1cc2c(Oc3ccc(Br)c(Cl)c3)ccnc2cc1OC. The van der Waals surface area contributed by atoms with E-state index in [4.69, 9.17) is 25.8 Å². The molecule has 0 unspecified atom stereocenters. The fraction of sp³-hybridized carbons (Fsp3) is 0.111. The summed E-state index contributed by atoms with van der Waals surface area (Å²) in [6.45, 7) is 0. The van der Waals surface area contributed by atoms with E-state index in [2.05, 4.69) is 20.9 Å². The average molecular weight is 423 g/mol. The van der Waals surface area contributed by atoms with Crippen LogP contribution in [0.15, 0.2) is 47.1 Å². The van der Waals surface area contributed by atoms with Crippen molar-refractivity contribution < 1.29 is 19.0 Å². The minimum atomic E-state index is -0.500. The number of rotatable bonds is 4. The van der Waals surface area contributed by atoms with Gasteiger partial charge in [-0.2, -0.15) is 0 Å². The number of aromatic nitrogens is 1. The van der Waals surface area contributed by atoms with Gasteiger partial charge in [0.05, 0.1) is 24.8 Å². The Kier molecular flexibility index (Phi) is 5.11. The zero-order valence-corrected chi connectivity index (χ0v) is 15.7. The monoisotopic (exact) mass is 421 g/mol. The van der Waals surface area contributed by atoms with E-state index in [1.165, 1.54) is 14.2 Å². The van der Waals surface area contributed by atoms with Crippen molar-refractivity contribution in [3.8, 4) is 17.2 Å². The molecule has 0 N–H and O–H groups in total. The van der Waals surface area contributed by atoms with Crippen molar-refractivity contribution in [3.63, 3.8) is 0 Å². The molecule has 0 aliphatic heterocycles. The smallest absolute Gasteiger partial charge is 0.341 e. The number of carbonyl (C=O) groups is 1. The Morgan fingerprint density at radius 2 is 1.92 bits per heavy atom. The Morgan fingerprint density at radius 3 is 2.60 bits per heavy atom. The number of nitrogens with zero attached hydrogens (tertiary/aromatic N) is 1. The molecule has 0 atom stereocenters. The molecule has 0 radical (unpaired) electrons. The van der Waals surface area contributed by atoms with Gasteiger partial charge in [-0.1, -0.05) is 11.6 Å². The van der Waals surface area contributed by atoms with Crippen LogP contribution < -0.4 is 9.47 Å². The van der Waals surface area contributed by atoms with Gasteiger partial charge in [0.1, 0.15) is 22.8 Å². The minimum Gasteiger partial charge on any atom is -0.496 e. The van der Waals surface area contributed by atoms with E-state index >= 15 is 0 Å². The fourth-order valence-electron chi connectivity index (χ4n) is 2.34. The summed E-state index contributed by atoms with van der Waals surface area (Å²) in [5.74, 6) is 0.989. The van der Waals surface area contributed by atoms with E-state index < -0.39 is 5.97 Å². The maximum atomic E-state index is 12.0. The molecule has 1 heterocycles. The topological polar surface area (TPSA) is 57.7 Å². The lowest BCUT2D eigenvalue weighted by Gasteiger charge is -2.12. The van der Waals surface area contributed by atoms with E-state index in [-0.39, 0.29) is 0 Å². The standard InChI is InChI=1S/C18H13BrClNO4/c1-23-17-9-15-11(8-12(17)18(22)24-2)16(5-6-21-15)25-10-3-4-13(19)14(20)7-10/h3-9H,1-2H3. The number of hydrogen-bond acceptors (Lipinski definition) is 5. The molecule has 128 valence electrons. The van der Waals surface area contributed by atoms with Crippen LogP contribution in [0.4, 0.5) is 0 Å². The molecule has 2 aromatic carbocycles. The van der Waals surface area contributed by atoms with Crippen LogP contribution in [-0.2, 0) is 4.74 Å². The summed E-state index contributed by atoms with van der Waals surface area (Å²) < 4.78 is 16.8. The Hall–Kier alpha value is -2.31. The second-order valence-electron chi connectivity index (χ2n) is 5.05. The molecule has 25 heavy (non-hydrogen) atoms. The quantitative estimate of drug-likeness (QED) is 0.538. The average Bonchev–Trinajstić information content (AvgIpc) is 2.63. The lowest BCUT2D eigenvalue weighted by molar-refractivity contribution is 0.0597. The van der Waals surface area contributed by atoms with Gasteiger partial charge in [0.2, 0.25) is 0 Å². The highest BCUT2D eigenvalue weighted by molar-refractivity contribution is 9.10. The summed E-state index contributed by atoms with van der Waals surface area (Å²) in [5, 5.41) is 1.19. The van der Waals surface area contributed by atoms with E-state index in [1.807, 2.05) is 0 Å². The summed E-state index contributed by atoms with van der Waals surface area (Å²) in [4.78, 5) is 16.3. The molecule has 1 aromatic heterocycles. The molecule has 0 spiro atoms. The Balaban J connectivity index is 2.11. The van der Waals surface area contributed by atoms with Gasteiger partial charge in [0.25, 0.3) is 0 Å². The van der Waals surface area contributed by atoms with Crippen molar-refractivity contribution in [2.24, 2.45) is 0 Å². The van der Waals surface area contributed by atoms with Gasteiger partial charge in [-0.05, 0) is 40.2 Å². The number of ether oxygens (including phenoxy) is 3. The first-order chi connectivity index (χ1) is 12.0.